The molecule has 9 heteroatoms. The maximum absolute atomic E-state index is 12.6. The molecule has 8 nitrogen and oxygen atoms in total. The van der Waals surface area contributed by atoms with E-state index in [2.05, 4.69) is 25.5 Å². The molecule has 1 amide bonds. The molecule has 0 bridgehead atoms. The highest BCUT2D eigenvalue weighted by Gasteiger charge is 2.26. The predicted molar refractivity (Wildman–Crippen MR) is 116 cm³/mol. The molecule has 1 atom stereocenters. The number of amides is 1. The lowest BCUT2D eigenvalue weighted by molar-refractivity contribution is -0.125. The fourth-order valence-corrected chi connectivity index (χ4v) is 4.28. The predicted octanol–water partition coefficient (Wildman–Crippen LogP) is 2.18. The van der Waals surface area contributed by atoms with E-state index >= 15 is 0 Å². The molecule has 0 spiro atoms. The van der Waals surface area contributed by atoms with Crippen LogP contribution in [-0.4, -0.2) is 45.5 Å². The summed E-state index contributed by atoms with van der Waals surface area (Å²) in [5.41, 5.74) is 0.741. The van der Waals surface area contributed by atoms with Gasteiger partial charge in [-0.1, -0.05) is 6.07 Å². The summed E-state index contributed by atoms with van der Waals surface area (Å²) in [6, 6.07) is 11.1. The number of nitrogens with zero attached hydrogens (tertiary/aromatic N) is 5. The van der Waals surface area contributed by atoms with E-state index < -0.39 is 0 Å². The van der Waals surface area contributed by atoms with Crippen LogP contribution < -0.4 is 15.8 Å². The summed E-state index contributed by atoms with van der Waals surface area (Å²) in [7, 11) is 0. The molecule has 1 aliphatic rings. The first-order chi connectivity index (χ1) is 14.7. The molecule has 1 unspecified atom stereocenters. The van der Waals surface area contributed by atoms with Gasteiger partial charge in [-0.15, -0.1) is 21.5 Å². The lowest BCUT2D eigenvalue weighted by Crippen LogP contribution is -2.43. The Morgan fingerprint density at radius 1 is 1.20 bits per heavy atom. The first-order valence-electron chi connectivity index (χ1n) is 10.1. The first-order valence-corrected chi connectivity index (χ1v) is 11.0. The van der Waals surface area contributed by atoms with Crippen molar-refractivity contribution in [3.8, 4) is 10.6 Å². The average molecular weight is 425 g/mol. The Morgan fingerprint density at radius 2 is 2.13 bits per heavy atom. The van der Waals surface area contributed by atoms with E-state index in [1.54, 1.807) is 23.6 Å². The normalized spacial score (nSPS) is 16.4. The molecule has 0 aromatic carbocycles. The number of rotatable bonds is 7. The second-order valence-corrected chi connectivity index (χ2v) is 8.22. The van der Waals surface area contributed by atoms with Gasteiger partial charge in [-0.3, -0.25) is 9.59 Å². The Morgan fingerprint density at radius 3 is 2.90 bits per heavy atom. The minimum Gasteiger partial charge on any atom is -0.356 e. The zero-order valence-electron chi connectivity index (χ0n) is 16.6. The van der Waals surface area contributed by atoms with E-state index in [1.807, 2.05) is 29.6 Å². The van der Waals surface area contributed by atoms with Crippen molar-refractivity contribution in [2.75, 3.05) is 24.5 Å². The Bertz CT molecular complexity index is 1020. The van der Waals surface area contributed by atoms with Gasteiger partial charge in [0, 0.05) is 38.4 Å². The number of carbonyl (C=O) groups excluding carboxylic acids is 1. The molecule has 156 valence electrons. The van der Waals surface area contributed by atoms with Crippen molar-refractivity contribution in [2.24, 2.45) is 5.92 Å². The number of aryl methyl sites for hydroxylation is 1. The number of aromatic nitrogens is 4. The molecule has 0 saturated carbocycles. The van der Waals surface area contributed by atoms with E-state index in [1.165, 1.54) is 10.7 Å². The molecule has 1 aliphatic heterocycles. The summed E-state index contributed by atoms with van der Waals surface area (Å²) < 4.78 is 1.41. The van der Waals surface area contributed by atoms with Crippen LogP contribution in [0.1, 0.15) is 19.3 Å². The number of anilines is 1. The van der Waals surface area contributed by atoms with E-state index in [4.69, 9.17) is 0 Å². The quantitative estimate of drug-likeness (QED) is 0.585. The number of piperidine rings is 1. The van der Waals surface area contributed by atoms with Crippen LogP contribution in [0.15, 0.2) is 52.8 Å². The van der Waals surface area contributed by atoms with Crippen LogP contribution in [-0.2, 0) is 11.3 Å². The van der Waals surface area contributed by atoms with Gasteiger partial charge in [0.05, 0.1) is 10.8 Å². The third kappa shape index (κ3) is 4.91. The van der Waals surface area contributed by atoms with Gasteiger partial charge in [0.25, 0.3) is 5.56 Å². The summed E-state index contributed by atoms with van der Waals surface area (Å²) in [5, 5.41) is 17.8. The molecule has 0 radical (unpaired) electrons. The SMILES string of the molecule is O=C(NCCCn1ncccc1=O)C1CCCN(c2ccc(-c3cccs3)nn2)C1. The van der Waals surface area contributed by atoms with Crippen LogP contribution >= 0.6 is 11.3 Å². The minimum absolute atomic E-state index is 0.0521. The van der Waals surface area contributed by atoms with Crippen molar-refractivity contribution in [3.63, 3.8) is 0 Å². The Hall–Kier alpha value is -3.07. The van der Waals surface area contributed by atoms with Crippen LogP contribution in [0, 0.1) is 5.92 Å². The molecule has 4 rings (SSSR count). The summed E-state index contributed by atoms with van der Waals surface area (Å²) in [4.78, 5) is 27.5. The van der Waals surface area contributed by atoms with E-state index in [-0.39, 0.29) is 17.4 Å². The minimum atomic E-state index is -0.127. The van der Waals surface area contributed by atoms with Crippen LogP contribution in [0.3, 0.4) is 0 Å². The van der Waals surface area contributed by atoms with Crippen molar-refractivity contribution < 1.29 is 4.79 Å². The molecule has 3 aromatic heterocycles. The molecule has 30 heavy (non-hydrogen) atoms. The maximum atomic E-state index is 12.6. The monoisotopic (exact) mass is 424 g/mol. The molecule has 3 aromatic rings. The molecule has 0 aliphatic carbocycles. The van der Waals surface area contributed by atoms with Crippen LogP contribution in [0.25, 0.3) is 10.6 Å². The number of nitrogens with one attached hydrogen (secondary N) is 1. The fourth-order valence-electron chi connectivity index (χ4n) is 3.59. The summed E-state index contributed by atoms with van der Waals surface area (Å²) >= 11 is 1.64. The third-order valence-electron chi connectivity index (χ3n) is 5.17. The van der Waals surface area contributed by atoms with Crippen LogP contribution in [0.4, 0.5) is 5.82 Å². The zero-order valence-corrected chi connectivity index (χ0v) is 17.4. The standard InChI is InChI=1S/C21H24N6O2S/c28-20-7-1-11-23-27(20)13-4-10-22-21(29)16-5-2-12-26(15-16)19-9-8-17(24-25-19)18-6-3-14-30-18/h1,3,6-9,11,14,16H,2,4-5,10,12-13,15H2,(H,22,29). The van der Waals surface area contributed by atoms with Crippen molar-refractivity contribution in [2.45, 2.75) is 25.8 Å². The van der Waals surface area contributed by atoms with Gasteiger partial charge in [0.2, 0.25) is 5.91 Å². The Kier molecular flexibility index (Phi) is 6.48. The van der Waals surface area contributed by atoms with Gasteiger partial charge in [0.1, 0.15) is 5.69 Å². The fraction of sp³-hybridized carbons (Fsp3) is 0.381. The molecule has 1 N–H and O–H groups in total. The molecular weight excluding hydrogens is 400 g/mol. The summed E-state index contributed by atoms with van der Waals surface area (Å²) in [5.74, 6) is 0.786. The van der Waals surface area contributed by atoms with Gasteiger partial charge in [-0.2, -0.15) is 5.10 Å². The second-order valence-electron chi connectivity index (χ2n) is 7.27. The van der Waals surface area contributed by atoms with E-state index in [0.29, 0.717) is 26.1 Å². The molecular formula is C21H24N6O2S. The summed E-state index contributed by atoms with van der Waals surface area (Å²) in [6.45, 7) is 2.52. The van der Waals surface area contributed by atoms with E-state index in [9.17, 15) is 9.59 Å². The van der Waals surface area contributed by atoms with Gasteiger partial charge < -0.3 is 10.2 Å². The van der Waals surface area contributed by atoms with Crippen LogP contribution in [0.2, 0.25) is 0 Å². The first kappa shape index (κ1) is 20.2. The Labute approximate surface area is 178 Å². The topological polar surface area (TPSA) is 93.0 Å². The highest BCUT2D eigenvalue weighted by molar-refractivity contribution is 7.13. The lowest BCUT2D eigenvalue weighted by Gasteiger charge is -2.32. The maximum Gasteiger partial charge on any atom is 0.266 e. The van der Waals surface area contributed by atoms with Crippen molar-refractivity contribution in [3.05, 3.63) is 58.3 Å². The third-order valence-corrected chi connectivity index (χ3v) is 6.06. The molecule has 1 fully saturated rings. The number of carbonyl (C=O) groups is 1. The molecule has 1 saturated heterocycles. The smallest absolute Gasteiger partial charge is 0.266 e. The Balaban J connectivity index is 1.27. The highest BCUT2D eigenvalue weighted by atomic mass is 32.1. The van der Waals surface area contributed by atoms with E-state index in [0.717, 1.165) is 35.8 Å². The largest absolute Gasteiger partial charge is 0.356 e. The average Bonchev–Trinajstić information content (AvgIpc) is 3.33. The zero-order chi connectivity index (χ0) is 20.8. The van der Waals surface area contributed by atoms with Crippen molar-refractivity contribution in [1.82, 2.24) is 25.3 Å². The summed E-state index contributed by atoms with van der Waals surface area (Å²) in [6.07, 6.45) is 4.06. The van der Waals surface area contributed by atoms with Gasteiger partial charge in [-0.25, -0.2) is 4.68 Å². The lowest BCUT2D eigenvalue weighted by atomic mass is 9.97. The van der Waals surface area contributed by atoms with Crippen molar-refractivity contribution >= 4 is 23.1 Å². The number of hydrogen-bond donors (Lipinski definition) is 1. The highest BCUT2D eigenvalue weighted by Crippen LogP contribution is 2.25. The van der Waals surface area contributed by atoms with Crippen molar-refractivity contribution in [1.29, 1.82) is 0 Å². The number of hydrogen-bond acceptors (Lipinski definition) is 7. The van der Waals surface area contributed by atoms with Gasteiger partial charge in [-0.05, 0) is 48.9 Å². The second kappa shape index (κ2) is 9.62. The van der Waals surface area contributed by atoms with Gasteiger partial charge >= 0.3 is 0 Å². The molecule has 4 heterocycles. The van der Waals surface area contributed by atoms with Crippen LogP contribution in [0.5, 0.6) is 0 Å². The number of thiophene rings is 1. The van der Waals surface area contributed by atoms with Gasteiger partial charge in [0.15, 0.2) is 5.82 Å².